The van der Waals surface area contributed by atoms with Crippen molar-refractivity contribution in [1.29, 1.82) is 0 Å². The average molecular weight is 559 g/mol. The minimum Gasteiger partial charge on any atom is -0.373 e. The van der Waals surface area contributed by atoms with E-state index in [-0.39, 0.29) is 5.91 Å². The third-order valence-corrected chi connectivity index (χ3v) is 6.49. The topological polar surface area (TPSA) is 90.0 Å². The molecular weight excluding hydrogens is 544 g/mol. The first-order valence-corrected chi connectivity index (χ1v) is 10.5. The van der Waals surface area contributed by atoms with Crippen molar-refractivity contribution in [3.63, 3.8) is 0 Å². The molecule has 2 aromatic carbocycles. The van der Waals surface area contributed by atoms with Crippen LogP contribution in [0.2, 0.25) is 0 Å². The number of rotatable bonds is 2. The number of amides is 1. The number of hydrogen-bond acceptors (Lipinski definition) is 4. The maximum absolute atomic E-state index is 12.5. The fourth-order valence-corrected chi connectivity index (χ4v) is 5.66. The number of aliphatic hydroxyl groups excluding tert-OH is 1. The summed E-state index contributed by atoms with van der Waals surface area (Å²) in [7, 11) is 0. The summed E-state index contributed by atoms with van der Waals surface area (Å²) in [5.74, 6) is 0.185. The second-order valence-corrected chi connectivity index (χ2v) is 9.56. The van der Waals surface area contributed by atoms with Crippen LogP contribution < -0.4 is 10.6 Å². The molecule has 140 valence electrons. The van der Waals surface area contributed by atoms with Gasteiger partial charge in [-0.25, -0.2) is 4.98 Å². The zero-order valence-electron chi connectivity index (χ0n) is 14.3. The number of aromatic amines is 1. The Morgan fingerprint density at radius 2 is 1.85 bits per heavy atom. The lowest BCUT2D eigenvalue weighted by atomic mass is 9.77. The fourth-order valence-electron chi connectivity index (χ4n) is 3.21. The van der Waals surface area contributed by atoms with Crippen molar-refractivity contribution in [1.82, 2.24) is 15.3 Å². The monoisotopic (exact) mass is 556 g/mol. The number of aliphatic hydroxyl groups is 1. The molecule has 0 saturated carbocycles. The fraction of sp³-hybridized carbons (Fsp3) is 0.222. The van der Waals surface area contributed by atoms with E-state index in [1.54, 1.807) is 0 Å². The highest BCUT2D eigenvalue weighted by Gasteiger charge is 2.40. The summed E-state index contributed by atoms with van der Waals surface area (Å²) in [4.78, 5) is 20.4. The molecule has 1 amide bonds. The summed E-state index contributed by atoms with van der Waals surface area (Å²) >= 11 is 10.5. The molecule has 6 nitrogen and oxygen atoms in total. The van der Waals surface area contributed by atoms with E-state index in [1.165, 1.54) is 0 Å². The normalized spacial score (nSPS) is 18.3. The van der Waals surface area contributed by atoms with E-state index in [1.807, 2.05) is 38.1 Å². The number of benzene rings is 2. The van der Waals surface area contributed by atoms with Crippen LogP contribution in [0.25, 0.3) is 11.0 Å². The van der Waals surface area contributed by atoms with Crippen LogP contribution in [0.5, 0.6) is 0 Å². The molecule has 1 aliphatic heterocycles. The number of anilines is 2. The highest BCUT2D eigenvalue weighted by molar-refractivity contribution is 9.11. The zero-order valence-corrected chi connectivity index (χ0v) is 19.1. The van der Waals surface area contributed by atoms with Crippen LogP contribution in [0.1, 0.15) is 29.8 Å². The van der Waals surface area contributed by atoms with Crippen molar-refractivity contribution in [2.45, 2.75) is 25.5 Å². The number of nitrogens with zero attached hydrogens (tertiary/aromatic N) is 1. The maximum atomic E-state index is 12.5. The standard InChI is InChI=1S/C18H15Br3N4O2/c1-18(2)8-3-4-11-14(12(8)15(26)25-16(18)27)24-17(22-11)23-13-9(20)5-7(19)6-10(13)21/h3-6,16,27H,1-2H3,(H,25,26)(H2,22,23,24). The molecule has 0 spiro atoms. The predicted octanol–water partition coefficient (Wildman–Crippen LogP) is 4.93. The Balaban J connectivity index is 1.83. The summed E-state index contributed by atoms with van der Waals surface area (Å²) in [5, 5.41) is 16.1. The second kappa shape index (κ2) is 6.58. The molecule has 0 fully saturated rings. The molecule has 4 rings (SSSR count). The first-order chi connectivity index (χ1) is 12.7. The number of nitrogens with one attached hydrogen (secondary N) is 3. The number of H-pyrrole nitrogens is 1. The second-order valence-electron chi connectivity index (χ2n) is 6.94. The van der Waals surface area contributed by atoms with Gasteiger partial charge in [0, 0.05) is 18.8 Å². The van der Waals surface area contributed by atoms with Crippen LogP contribution in [-0.2, 0) is 5.41 Å². The Morgan fingerprint density at radius 1 is 1.19 bits per heavy atom. The Kier molecular flexibility index (Phi) is 4.61. The van der Waals surface area contributed by atoms with Gasteiger partial charge in [0.2, 0.25) is 5.95 Å². The molecule has 0 saturated heterocycles. The Morgan fingerprint density at radius 3 is 2.52 bits per heavy atom. The Hall–Kier alpha value is -1.42. The molecule has 1 aromatic heterocycles. The minimum atomic E-state index is -0.943. The highest BCUT2D eigenvalue weighted by Crippen LogP contribution is 2.38. The first kappa shape index (κ1) is 18.9. The van der Waals surface area contributed by atoms with Crippen LogP contribution in [0.3, 0.4) is 0 Å². The molecule has 1 aliphatic rings. The molecular formula is C18H15Br3N4O2. The summed E-state index contributed by atoms with van der Waals surface area (Å²) in [6.45, 7) is 3.79. The van der Waals surface area contributed by atoms with Crippen molar-refractivity contribution in [3.8, 4) is 0 Å². The van der Waals surface area contributed by atoms with Gasteiger partial charge >= 0.3 is 0 Å². The van der Waals surface area contributed by atoms with Gasteiger partial charge in [-0.2, -0.15) is 0 Å². The lowest BCUT2D eigenvalue weighted by molar-refractivity contribution is 0.0463. The van der Waals surface area contributed by atoms with E-state index in [2.05, 4.69) is 68.4 Å². The number of halogens is 3. The van der Waals surface area contributed by atoms with Crippen LogP contribution >= 0.6 is 47.8 Å². The molecule has 1 unspecified atom stereocenters. The van der Waals surface area contributed by atoms with E-state index >= 15 is 0 Å². The van der Waals surface area contributed by atoms with Gasteiger partial charge in [0.15, 0.2) is 0 Å². The molecule has 3 aromatic rings. The van der Waals surface area contributed by atoms with Gasteiger partial charge in [-0.1, -0.05) is 35.8 Å². The van der Waals surface area contributed by atoms with Crippen LogP contribution in [-0.4, -0.2) is 27.2 Å². The first-order valence-electron chi connectivity index (χ1n) is 8.12. The van der Waals surface area contributed by atoms with E-state index < -0.39 is 11.6 Å². The Bertz CT molecular complexity index is 1070. The third-order valence-electron chi connectivity index (χ3n) is 4.78. The summed E-state index contributed by atoms with van der Waals surface area (Å²) in [5.41, 5.74) is 2.77. The van der Waals surface area contributed by atoms with Gasteiger partial charge < -0.3 is 20.7 Å². The molecule has 2 heterocycles. The van der Waals surface area contributed by atoms with Crippen LogP contribution in [0.4, 0.5) is 11.6 Å². The van der Waals surface area contributed by atoms with Crippen molar-refractivity contribution in [2.24, 2.45) is 0 Å². The van der Waals surface area contributed by atoms with Gasteiger partial charge in [0.25, 0.3) is 5.91 Å². The number of carbonyl (C=O) groups excluding carboxylic acids is 1. The lowest BCUT2D eigenvalue weighted by Gasteiger charge is -2.37. The molecule has 0 bridgehead atoms. The van der Waals surface area contributed by atoms with Gasteiger partial charge in [0.1, 0.15) is 11.7 Å². The SMILES string of the molecule is CC1(C)c2ccc3[nH]c(Nc4c(Br)cc(Br)cc4Br)nc3c2C(=O)NC1O. The molecule has 27 heavy (non-hydrogen) atoms. The van der Waals surface area contributed by atoms with Crippen molar-refractivity contribution < 1.29 is 9.90 Å². The number of aromatic nitrogens is 2. The molecule has 0 aliphatic carbocycles. The van der Waals surface area contributed by atoms with E-state index in [0.29, 0.717) is 17.0 Å². The number of hydrogen-bond donors (Lipinski definition) is 4. The summed E-state index contributed by atoms with van der Waals surface area (Å²) in [6, 6.07) is 7.60. The van der Waals surface area contributed by atoms with Gasteiger partial charge in [-0.05, 0) is 55.6 Å². The third kappa shape index (κ3) is 3.10. The highest BCUT2D eigenvalue weighted by atomic mass is 79.9. The summed E-state index contributed by atoms with van der Waals surface area (Å²) < 4.78 is 2.64. The number of imidazole rings is 1. The molecule has 9 heteroatoms. The lowest BCUT2D eigenvalue weighted by Crippen LogP contribution is -2.52. The molecule has 0 radical (unpaired) electrons. The van der Waals surface area contributed by atoms with Crippen molar-refractivity contribution >= 4 is 76.4 Å². The molecule has 1 atom stereocenters. The van der Waals surface area contributed by atoms with Crippen LogP contribution in [0, 0.1) is 0 Å². The number of carbonyl (C=O) groups is 1. The minimum absolute atomic E-state index is 0.327. The Labute approximate surface area is 180 Å². The smallest absolute Gasteiger partial charge is 0.255 e. The van der Waals surface area contributed by atoms with E-state index in [0.717, 1.165) is 30.2 Å². The van der Waals surface area contributed by atoms with E-state index in [9.17, 15) is 9.90 Å². The maximum Gasteiger partial charge on any atom is 0.255 e. The van der Waals surface area contributed by atoms with Gasteiger partial charge in [0.05, 0.1) is 16.8 Å². The zero-order chi connectivity index (χ0) is 19.5. The van der Waals surface area contributed by atoms with Gasteiger partial charge in [-0.15, -0.1) is 0 Å². The molecule has 4 N–H and O–H groups in total. The van der Waals surface area contributed by atoms with Crippen molar-refractivity contribution in [2.75, 3.05) is 5.32 Å². The quantitative estimate of drug-likeness (QED) is 0.359. The summed E-state index contributed by atoms with van der Waals surface area (Å²) in [6.07, 6.45) is -0.943. The average Bonchev–Trinajstić information content (AvgIpc) is 2.98. The van der Waals surface area contributed by atoms with Gasteiger partial charge in [-0.3, -0.25) is 4.79 Å². The largest absolute Gasteiger partial charge is 0.373 e. The number of fused-ring (bicyclic) bond motifs is 3. The van der Waals surface area contributed by atoms with E-state index in [4.69, 9.17) is 0 Å². The van der Waals surface area contributed by atoms with Crippen LogP contribution in [0.15, 0.2) is 37.7 Å². The van der Waals surface area contributed by atoms with Crippen molar-refractivity contribution in [3.05, 3.63) is 48.8 Å². The predicted molar refractivity (Wildman–Crippen MR) is 115 cm³/mol.